The molecule has 1 heterocycles. The van der Waals surface area contributed by atoms with Crippen LogP contribution in [0.4, 0.5) is 0 Å². The van der Waals surface area contributed by atoms with Gasteiger partial charge in [-0.3, -0.25) is 4.79 Å². The van der Waals surface area contributed by atoms with Crippen molar-refractivity contribution >= 4 is 5.91 Å². The number of aryl methyl sites for hydroxylation is 2. The van der Waals surface area contributed by atoms with Gasteiger partial charge in [0.1, 0.15) is 18.2 Å². The number of benzene rings is 2. The van der Waals surface area contributed by atoms with Crippen molar-refractivity contribution in [3.63, 3.8) is 0 Å². The summed E-state index contributed by atoms with van der Waals surface area (Å²) in [7, 11) is 1.95. The standard InChI is InChI=1S/C24H25N3O2/c1-26-15-14-25-23(26)16-29-20-11-6-18(7-12-20)24(28)27(19-9-10-19)22-13-8-17-4-2-3-5-21(17)22/h2-7,11-12,14-15,19,22H,8-10,13,16H2,1H3. The van der Waals surface area contributed by atoms with E-state index in [0.29, 0.717) is 12.6 Å². The lowest BCUT2D eigenvalue weighted by Gasteiger charge is -2.30. The van der Waals surface area contributed by atoms with Gasteiger partial charge < -0.3 is 14.2 Å². The molecule has 0 bridgehead atoms. The second kappa shape index (κ2) is 7.39. The van der Waals surface area contributed by atoms with Crippen LogP contribution in [-0.4, -0.2) is 26.4 Å². The first kappa shape index (κ1) is 18.0. The van der Waals surface area contributed by atoms with Gasteiger partial charge in [-0.1, -0.05) is 24.3 Å². The molecule has 1 amide bonds. The van der Waals surface area contributed by atoms with Crippen LogP contribution in [0.5, 0.6) is 5.75 Å². The number of aromatic nitrogens is 2. The lowest BCUT2D eigenvalue weighted by Crippen LogP contribution is -2.36. The van der Waals surface area contributed by atoms with E-state index in [1.807, 2.05) is 42.1 Å². The highest BCUT2D eigenvalue weighted by molar-refractivity contribution is 5.95. The predicted molar refractivity (Wildman–Crippen MR) is 111 cm³/mol. The molecule has 5 heteroatoms. The summed E-state index contributed by atoms with van der Waals surface area (Å²) >= 11 is 0. The molecular formula is C24H25N3O2. The Morgan fingerprint density at radius 2 is 1.93 bits per heavy atom. The normalized spacial score (nSPS) is 17.8. The summed E-state index contributed by atoms with van der Waals surface area (Å²) in [5, 5.41) is 0. The largest absolute Gasteiger partial charge is 0.486 e. The van der Waals surface area contributed by atoms with Crippen LogP contribution in [0.2, 0.25) is 0 Å². The van der Waals surface area contributed by atoms with Crippen molar-refractivity contribution in [1.29, 1.82) is 0 Å². The summed E-state index contributed by atoms with van der Waals surface area (Å²) in [5.74, 6) is 1.74. The van der Waals surface area contributed by atoms with Crippen LogP contribution in [0.1, 0.15) is 52.6 Å². The van der Waals surface area contributed by atoms with Crippen LogP contribution in [0.25, 0.3) is 0 Å². The maximum atomic E-state index is 13.4. The number of rotatable bonds is 6. The summed E-state index contributed by atoms with van der Waals surface area (Å²) in [6.45, 7) is 0.407. The van der Waals surface area contributed by atoms with Crippen molar-refractivity contribution in [2.24, 2.45) is 7.05 Å². The van der Waals surface area contributed by atoms with Gasteiger partial charge in [-0.2, -0.15) is 0 Å². The van der Waals surface area contributed by atoms with Crippen LogP contribution in [0.15, 0.2) is 60.9 Å². The third kappa shape index (κ3) is 3.53. The van der Waals surface area contributed by atoms with Gasteiger partial charge in [-0.05, 0) is 61.1 Å². The van der Waals surface area contributed by atoms with Gasteiger partial charge in [-0.15, -0.1) is 0 Å². The molecule has 0 N–H and O–H groups in total. The Kier molecular flexibility index (Phi) is 4.58. The molecule has 0 saturated heterocycles. The Bertz CT molecular complexity index is 1020. The van der Waals surface area contributed by atoms with Crippen LogP contribution >= 0.6 is 0 Å². The number of hydrogen-bond donors (Lipinski definition) is 0. The zero-order chi connectivity index (χ0) is 19.8. The molecule has 1 fully saturated rings. The van der Waals surface area contributed by atoms with Gasteiger partial charge in [0.25, 0.3) is 5.91 Å². The van der Waals surface area contributed by atoms with Gasteiger partial charge in [0.05, 0.1) is 6.04 Å². The lowest BCUT2D eigenvalue weighted by molar-refractivity contribution is 0.0658. The minimum absolute atomic E-state index is 0.129. The second-order valence-corrected chi connectivity index (χ2v) is 7.96. The monoisotopic (exact) mass is 387 g/mol. The number of ether oxygens (including phenoxy) is 1. The van der Waals surface area contributed by atoms with Crippen molar-refractivity contribution in [3.8, 4) is 5.75 Å². The average Bonchev–Trinajstić information content (AvgIpc) is 3.36. The van der Waals surface area contributed by atoms with E-state index in [0.717, 1.165) is 42.8 Å². The zero-order valence-corrected chi connectivity index (χ0v) is 16.6. The summed E-state index contributed by atoms with van der Waals surface area (Å²) < 4.78 is 7.76. The van der Waals surface area contributed by atoms with Gasteiger partial charge in [0, 0.05) is 31.0 Å². The lowest BCUT2D eigenvalue weighted by atomic mass is 10.1. The Morgan fingerprint density at radius 3 is 2.66 bits per heavy atom. The second-order valence-electron chi connectivity index (χ2n) is 7.96. The fraction of sp³-hybridized carbons (Fsp3) is 0.333. The summed E-state index contributed by atoms with van der Waals surface area (Å²) in [6.07, 6.45) is 7.94. The summed E-state index contributed by atoms with van der Waals surface area (Å²) in [4.78, 5) is 19.8. The molecule has 2 aliphatic carbocycles. The molecule has 2 aliphatic rings. The van der Waals surface area contributed by atoms with E-state index in [2.05, 4.69) is 34.1 Å². The molecule has 148 valence electrons. The van der Waals surface area contributed by atoms with E-state index in [-0.39, 0.29) is 11.9 Å². The number of fused-ring (bicyclic) bond motifs is 1. The third-order valence-electron chi connectivity index (χ3n) is 6.00. The smallest absolute Gasteiger partial charge is 0.254 e. The van der Waals surface area contributed by atoms with Gasteiger partial charge in [-0.25, -0.2) is 4.98 Å². The van der Waals surface area contributed by atoms with Gasteiger partial charge in [0.15, 0.2) is 0 Å². The fourth-order valence-corrected chi connectivity index (χ4v) is 4.26. The van der Waals surface area contributed by atoms with E-state index in [9.17, 15) is 4.79 Å². The van der Waals surface area contributed by atoms with Crippen molar-refractivity contribution < 1.29 is 9.53 Å². The summed E-state index contributed by atoms with van der Waals surface area (Å²) in [6, 6.07) is 16.6. The molecule has 1 atom stereocenters. The van der Waals surface area contributed by atoms with Gasteiger partial charge in [0.2, 0.25) is 0 Å². The highest BCUT2D eigenvalue weighted by Crippen LogP contribution is 2.42. The number of carbonyl (C=O) groups is 1. The first-order valence-electron chi connectivity index (χ1n) is 10.3. The molecule has 29 heavy (non-hydrogen) atoms. The molecule has 0 spiro atoms. The van der Waals surface area contributed by atoms with Crippen molar-refractivity contribution in [1.82, 2.24) is 14.5 Å². The number of hydrogen-bond acceptors (Lipinski definition) is 3. The SMILES string of the molecule is Cn1ccnc1COc1ccc(C(=O)N(C2CC2)C2CCc3ccccc32)cc1. The highest BCUT2D eigenvalue weighted by atomic mass is 16.5. The van der Waals surface area contributed by atoms with Crippen molar-refractivity contribution in [3.05, 3.63) is 83.4 Å². The van der Waals surface area contributed by atoms with Crippen molar-refractivity contribution in [2.75, 3.05) is 0 Å². The number of nitrogens with zero attached hydrogens (tertiary/aromatic N) is 3. The average molecular weight is 387 g/mol. The van der Waals surface area contributed by atoms with E-state index >= 15 is 0 Å². The van der Waals surface area contributed by atoms with E-state index in [4.69, 9.17) is 4.74 Å². The zero-order valence-electron chi connectivity index (χ0n) is 16.6. The van der Waals surface area contributed by atoms with Crippen LogP contribution < -0.4 is 4.74 Å². The molecule has 0 radical (unpaired) electrons. The molecule has 3 aromatic rings. The molecule has 2 aromatic carbocycles. The van der Waals surface area contributed by atoms with Crippen molar-refractivity contribution in [2.45, 2.75) is 44.4 Å². The molecular weight excluding hydrogens is 362 g/mol. The van der Waals surface area contributed by atoms with Crippen LogP contribution in [0, 0.1) is 0 Å². The summed E-state index contributed by atoms with van der Waals surface area (Å²) in [5.41, 5.74) is 3.43. The minimum atomic E-state index is 0.129. The molecule has 0 aliphatic heterocycles. The molecule has 5 rings (SSSR count). The van der Waals surface area contributed by atoms with Gasteiger partial charge >= 0.3 is 0 Å². The van der Waals surface area contributed by atoms with E-state index in [1.165, 1.54) is 11.1 Å². The maximum Gasteiger partial charge on any atom is 0.254 e. The Hall–Kier alpha value is -3.08. The van der Waals surface area contributed by atoms with E-state index in [1.54, 1.807) is 6.20 Å². The minimum Gasteiger partial charge on any atom is -0.486 e. The Labute approximate surface area is 170 Å². The first-order chi connectivity index (χ1) is 14.2. The molecule has 1 saturated carbocycles. The molecule has 5 nitrogen and oxygen atoms in total. The third-order valence-corrected chi connectivity index (χ3v) is 6.00. The fourth-order valence-electron chi connectivity index (χ4n) is 4.26. The maximum absolute atomic E-state index is 13.4. The number of carbonyl (C=O) groups excluding carboxylic acids is 1. The quantitative estimate of drug-likeness (QED) is 0.634. The van der Waals surface area contributed by atoms with Crippen LogP contribution in [0.3, 0.4) is 0 Å². The number of amides is 1. The van der Waals surface area contributed by atoms with E-state index < -0.39 is 0 Å². The highest BCUT2D eigenvalue weighted by Gasteiger charge is 2.40. The Balaban J connectivity index is 1.32. The molecule has 1 unspecified atom stereocenters. The Morgan fingerprint density at radius 1 is 1.14 bits per heavy atom. The molecule has 1 aromatic heterocycles. The topological polar surface area (TPSA) is 47.4 Å². The van der Waals surface area contributed by atoms with Crippen LogP contribution in [-0.2, 0) is 20.1 Å². The predicted octanol–water partition coefficient (Wildman–Crippen LogP) is 4.29. The first-order valence-corrected chi connectivity index (χ1v) is 10.3. The number of imidazole rings is 1.